The first-order chi connectivity index (χ1) is 63.9. The van der Waals surface area contributed by atoms with Crippen LogP contribution in [-0.2, 0) is 66.7 Å². The molecule has 0 radical (unpaired) electrons. The molecular formula is C118H101N11O. The van der Waals surface area contributed by atoms with E-state index in [0.29, 0.717) is 0 Å². The van der Waals surface area contributed by atoms with Crippen molar-refractivity contribution >= 4 is 141 Å². The number of pyridine rings is 7. The molecule has 634 valence electrons. The van der Waals surface area contributed by atoms with Crippen molar-refractivity contribution < 1.29 is 4.74 Å². The third-order valence-corrected chi connectivity index (χ3v) is 25.8. The Balaban J connectivity index is 0.000000101. The van der Waals surface area contributed by atoms with Crippen LogP contribution in [-0.4, -0.2) is 60.3 Å². The number of aryl methyl sites for hydroxylation is 8. The highest BCUT2D eigenvalue weighted by Gasteiger charge is 2.21. The summed E-state index contributed by atoms with van der Waals surface area (Å²) in [6.07, 6.45) is 31.1. The van der Waals surface area contributed by atoms with Gasteiger partial charge in [-0.25, -0.2) is 0 Å². The van der Waals surface area contributed by atoms with Gasteiger partial charge in [-0.15, -0.1) is 0 Å². The second kappa shape index (κ2) is 37.4. The fourth-order valence-corrected chi connectivity index (χ4v) is 19.3. The van der Waals surface area contributed by atoms with Crippen LogP contribution in [0.25, 0.3) is 141 Å². The van der Waals surface area contributed by atoms with Crippen molar-refractivity contribution in [2.24, 2.45) is 28.2 Å². The molecule has 0 aliphatic carbocycles. The summed E-state index contributed by atoms with van der Waals surface area (Å²) in [6, 6.07) is 104. The van der Waals surface area contributed by atoms with E-state index in [0.717, 1.165) is 66.1 Å². The molecule has 24 rings (SSSR count). The molecule has 0 amide bonds. The Kier molecular flexibility index (Phi) is 24.1. The summed E-state index contributed by atoms with van der Waals surface area (Å²) in [5.74, 6) is 0.911. The first kappa shape index (κ1) is 83.7. The minimum atomic E-state index is 0.863. The molecule has 0 fully saturated rings. The Morgan fingerprint density at radius 2 is 0.677 bits per heavy atom. The minimum Gasteiger partial charge on any atom is -0.496 e. The molecular weight excluding hydrogens is 1590 g/mol. The van der Waals surface area contributed by atoms with Crippen LogP contribution in [0.3, 0.4) is 0 Å². The van der Waals surface area contributed by atoms with E-state index in [2.05, 4.69) is 376 Å². The molecule has 11 aromatic heterocycles. The van der Waals surface area contributed by atoms with Gasteiger partial charge in [0.1, 0.15) is 5.75 Å². The maximum absolute atomic E-state index is 5.62. The highest BCUT2D eigenvalue weighted by molar-refractivity contribution is 6.26. The van der Waals surface area contributed by atoms with Gasteiger partial charge in [0, 0.05) is 154 Å². The Morgan fingerprint density at radius 1 is 0.254 bits per heavy atom. The third kappa shape index (κ3) is 16.6. The number of hydrogen-bond donors (Lipinski definition) is 0. The van der Waals surface area contributed by atoms with Crippen molar-refractivity contribution in [1.82, 2.24) is 53.2 Å². The topological polar surface area (TPSA) is 119 Å². The predicted molar refractivity (Wildman–Crippen MR) is 543 cm³/mol. The van der Waals surface area contributed by atoms with E-state index in [1.165, 1.54) is 197 Å². The van der Waals surface area contributed by atoms with Crippen LogP contribution in [0, 0.1) is 20.8 Å². The van der Waals surface area contributed by atoms with E-state index in [4.69, 9.17) is 4.74 Å². The fourth-order valence-electron chi connectivity index (χ4n) is 19.3. The van der Waals surface area contributed by atoms with Gasteiger partial charge >= 0.3 is 0 Å². The second-order valence-corrected chi connectivity index (χ2v) is 33.8. The van der Waals surface area contributed by atoms with Gasteiger partial charge in [-0.1, -0.05) is 273 Å². The SMILES string of the molecule is CCc1cncc2c3ccccc3c3ccccc3c12.COc1cccc2c1c1c(Cc3ccccc3)cncc1n2C.Cc1ccc2c(c1)c1c(Cc3ccccc3)cncc1n2C.Cc1cccc2c3c(Cc4ccccc4)cncc3n(C)c12.Cc1ccccc1Cc1cncc2c1c1ccccc1n2C.c1ccc(Cc2cncc3c2ccc2cccnc23)cc1. The zero-order valence-corrected chi connectivity index (χ0v) is 74.9. The molecule has 11 heterocycles. The van der Waals surface area contributed by atoms with E-state index < -0.39 is 0 Å². The van der Waals surface area contributed by atoms with Crippen LogP contribution in [0.15, 0.2) is 378 Å². The number of methoxy groups -OCH3 is 1. The van der Waals surface area contributed by atoms with Gasteiger partial charge in [-0.05, 0) is 200 Å². The number of fused-ring (bicyclic) bond motifs is 21. The van der Waals surface area contributed by atoms with Crippen LogP contribution in [0.2, 0.25) is 0 Å². The molecule has 130 heavy (non-hydrogen) atoms. The minimum absolute atomic E-state index is 0.863. The molecule has 0 saturated heterocycles. The van der Waals surface area contributed by atoms with E-state index in [-0.39, 0.29) is 0 Å². The predicted octanol–water partition coefficient (Wildman–Crippen LogP) is 27.7. The number of rotatable bonds is 12. The van der Waals surface area contributed by atoms with Crippen molar-refractivity contribution in [3.05, 3.63) is 456 Å². The number of benzene rings is 13. The number of aromatic nitrogens is 11. The van der Waals surface area contributed by atoms with Gasteiger partial charge in [0.25, 0.3) is 0 Å². The average Bonchev–Trinajstić information content (AvgIpc) is 1.22. The molecule has 0 aliphatic heterocycles. The molecule has 0 spiro atoms. The smallest absolute Gasteiger partial charge is 0.128 e. The van der Waals surface area contributed by atoms with Gasteiger partial charge in [0.15, 0.2) is 0 Å². The monoisotopic (exact) mass is 1690 g/mol. The van der Waals surface area contributed by atoms with Crippen molar-refractivity contribution in [3.8, 4) is 5.75 Å². The van der Waals surface area contributed by atoms with Crippen LogP contribution in [0.5, 0.6) is 5.75 Å². The van der Waals surface area contributed by atoms with Crippen molar-refractivity contribution in [2.45, 2.75) is 66.2 Å². The van der Waals surface area contributed by atoms with E-state index in [1.807, 2.05) is 111 Å². The summed E-state index contributed by atoms with van der Waals surface area (Å²) in [6.45, 7) is 8.69. The standard InChI is InChI=1S/C20H18N2O.3C20H18N2.C19H14N2.C19H15N/c1-22-16-9-6-10-18(23-2)20(16)19-15(12-21-13-17(19)22)11-14-7-4-3-5-8-14;1-14-7-3-4-8-15(14)11-16-12-21-13-19-20(16)17-9-5-6-10-18(17)22(19)2;1-14-7-6-10-17-19-16(11-15-8-4-3-5-9-15)12-21-13-18(19)22(2)20(14)17;1-14-8-9-18-17(10-14)20-16(11-15-6-4-3-5-7-15)12-21-13-19(20)22(18)2;1-2-5-14(6-3-1)11-16-12-20-13-18-17(16)9-8-15-7-4-10-21-19(15)18;1-2-13-11-20-12-18-16-9-4-3-7-14(16)15-8-5-6-10-17(15)19(13)18/h3-10,12-13H,11H2,1-2H3;3*3-10,12-13H,11H2,1-2H3;1-10,12-13H,11H2;3-12H,2H2,1H3. The molecule has 0 saturated carbocycles. The molecule has 12 nitrogen and oxygen atoms in total. The molecule has 0 N–H and O–H groups in total. The molecule has 24 aromatic rings. The van der Waals surface area contributed by atoms with E-state index in [9.17, 15) is 0 Å². The highest BCUT2D eigenvalue weighted by atomic mass is 16.5. The Labute approximate surface area is 757 Å². The Bertz CT molecular complexity index is 8150. The lowest BCUT2D eigenvalue weighted by Gasteiger charge is -2.12. The fraction of sp³-hybridized carbons (Fsp3) is 0.127. The number of hydrogen-bond acceptors (Lipinski definition) is 8. The molecule has 0 unspecified atom stereocenters. The summed E-state index contributed by atoms with van der Waals surface area (Å²) >= 11 is 0. The lowest BCUT2D eigenvalue weighted by Crippen LogP contribution is -1.94. The average molecular weight is 1690 g/mol. The number of ether oxygens (including phenoxy) is 1. The molecule has 0 atom stereocenters. The van der Waals surface area contributed by atoms with Gasteiger partial charge in [0.2, 0.25) is 0 Å². The molecule has 12 heteroatoms. The molecule has 0 aliphatic rings. The van der Waals surface area contributed by atoms with E-state index in [1.54, 1.807) is 7.11 Å². The van der Waals surface area contributed by atoms with Crippen LogP contribution in [0.1, 0.15) is 84.8 Å². The summed E-state index contributed by atoms with van der Waals surface area (Å²) in [4.78, 5) is 31.3. The Morgan fingerprint density at radius 3 is 1.27 bits per heavy atom. The van der Waals surface area contributed by atoms with E-state index >= 15 is 0 Å². The van der Waals surface area contributed by atoms with Crippen molar-refractivity contribution in [2.75, 3.05) is 7.11 Å². The number of nitrogens with zero attached hydrogens (tertiary/aromatic N) is 11. The quantitative estimate of drug-likeness (QED) is 0.111. The lowest BCUT2D eigenvalue weighted by atomic mass is 9.93. The van der Waals surface area contributed by atoms with Crippen molar-refractivity contribution in [1.29, 1.82) is 0 Å². The first-order valence-corrected chi connectivity index (χ1v) is 44.6. The highest BCUT2D eigenvalue weighted by Crippen LogP contribution is 2.41. The summed E-state index contributed by atoms with van der Waals surface area (Å²) in [7, 11) is 10.2. The first-order valence-electron chi connectivity index (χ1n) is 44.6. The largest absolute Gasteiger partial charge is 0.496 e. The van der Waals surface area contributed by atoms with Gasteiger partial charge in [-0.2, -0.15) is 0 Å². The summed E-state index contributed by atoms with van der Waals surface area (Å²) in [5.41, 5.74) is 29.0. The zero-order chi connectivity index (χ0) is 88.7. The van der Waals surface area contributed by atoms with Crippen LogP contribution in [0.4, 0.5) is 0 Å². The lowest BCUT2D eigenvalue weighted by molar-refractivity contribution is 0.420. The normalized spacial score (nSPS) is 11.3. The summed E-state index contributed by atoms with van der Waals surface area (Å²) in [5, 5.41) is 21.8. The number of para-hydroxylation sites is 2. The van der Waals surface area contributed by atoms with Crippen molar-refractivity contribution in [3.63, 3.8) is 0 Å². The maximum atomic E-state index is 5.62. The van der Waals surface area contributed by atoms with Gasteiger partial charge in [0.05, 0.1) is 70.5 Å². The Hall–Kier alpha value is -15.8. The maximum Gasteiger partial charge on any atom is 0.128 e. The second-order valence-electron chi connectivity index (χ2n) is 33.8. The van der Waals surface area contributed by atoms with Crippen LogP contribution < -0.4 is 4.74 Å². The van der Waals surface area contributed by atoms with Gasteiger partial charge in [-0.3, -0.25) is 34.9 Å². The molecule has 13 aromatic carbocycles. The summed E-state index contributed by atoms with van der Waals surface area (Å²) < 4.78 is 14.6. The third-order valence-electron chi connectivity index (χ3n) is 25.8. The zero-order valence-electron chi connectivity index (χ0n) is 74.9. The van der Waals surface area contributed by atoms with Crippen LogP contribution >= 0.6 is 0 Å². The van der Waals surface area contributed by atoms with Gasteiger partial charge < -0.3 is 23.0 Å². The molecule has 0 bridgehead atoms.